The Balaban J connectivity index is 2.76. The van der Waals surface area contributed by atoms with Crippen LogP contribution in [0.2, 0.25) is 0 Å². The third kappa shape index (κ3) is 3.53. The van der Waals surface area contributed by atoms with Gasteiger partial charge in [0.1, 0.15) is 5.69 Å². The molecule has 1 heterocycles. The van der Waals surface area contributed by atoms with Gasteiger partial charge in [0.25, 0.3) is 5.91 Å². The number of rotatable bonds is 5. The summed E-state index contributed by atoms with van der Waals surface area (Å²) in [4.78, 5) is 26.5. The summed E-state index contributed by atoms with van der Waals surface area (Å²) in [5, 5.41) is 11.5. The number of aromatic carboxylic acids is 1. The molecule has 0 aliphatic rings. The molecule has 1 aromatic heterocycles. The molecule has 1 unspecified atom stereocenters. The van der Waals surface area contributed by atoms with Gasteiger partial charge in [-0.1, -0.05) is 0 Å². The van der Waals surface area contributed by atoms with Crippen LogP contribution in [0.5, 0.6) is 0 Å². The molecule has 0 fully saturated rings. The van der Waals surface area contributed by atoms with E-state index in [-0.39, 0.29) is 23.3 Å². The second kappa shape index (κ2) is 6.11. The van der Waals surface area contributed by atoms with Crippen molar-refractivity contribution >= 4 is 11.9 Å². The molecule has 1 amide bonds. The van der Waals surface area contributed by atoms with Crippen LogP contribution < -0.4 is 5.32 Å². The third-order valence-electron chi connectivity index (χ3n) is 2.50. The van der Waals surface area contributed by atoms with Gasteiger partial charge in [-0.05, 0) is 26.0 Å². The molecule has 1 aromatic rings. The highest BCUT2D eigenvalue weighted by Crippen LogP contribution is 2.06. The fraction of sp³-hybridized carbons (Fsp3) is 0.417. The maximum atomic E-state index is 11.7. The van der Waals surface area contributed by atoms with Gasteiger partial charge in [0, 0.05) is 13.7 Å². The van der Waals surface area contributed by atoms with Crippen LogP contribution in [-0.4, -0.2) is 41.7 Å². The number of carbonyl (C=O) groups is 2. The predicted molar refractivity (Wildman–Crippen MR) is 64.7 cm³/mol. The molecule has 0 saturated carbocycles. The Kier molecular flexibility index (Phi) is 4.79. The molecule has 0 spiro atoms. The van der Waals surface area contributed by atoms with E-state index in [9.17, 15) is 9.59 Å². The topological polar surface area (TPSA) is 88.5 Å². The van der Waals surface area contributed by atoms with Gasteiger partial charge in [0.2, 0.25) is 0 Å². The van der Waals surface area contributed by atoms with E-state index in [1.54, 1.807) is 14.0 Å². The quantitative estimate of drug-likeness (QED) is 0.811. The van der Waals surface area contributed by atoms with Gasteiger partial charge in [-0.15, -0.1) is 0 Å². The molecule has 2 N–H and O–H groups in total. The van der Waals surface area contributed by atoms with Crippen molar-refractivity contribution in [3.63, 3.8) is 0 Å². The number of hydrogen-bond acceptors (Lipinski definition) is 4. The molecule has 1 atom stereocenters. The lowest BCUT2D eigenvalue weighted by molar-refractivity contribution is 0.0694. The van der Waals surface area contributed by atoms with Crippen LogP contribution in [0.1, 0.15) is 33.5 Å². The van der Waals surface area contributed by atoms with Crippen molar-refractivity contribution < 1.29 is 19.4 Å². The first-order chi connectivity index (χ1) is 8.45. The van der Waals surface area contributed by atoms with Crippen LogP contribution in [0.4, 0.5) is 0 Å². The van der Waals surface area contributed by atoms with Gasteiger partial charge in [-0.25, -0.2) is 9.78 Å². The van der Waals surface area contributed by atoms with E-state index in [0.29, 0.717) is 12.2 Å². The van der Waals surface area contributed by atoms with Crippen LogP contribution in [-0.2, 0) is 4.74 Å². The van der Waals surface area contributed by atoms with Crippen LogP contribution in [0.3, 0.4) is 0 Å². The van der Waals surface area contributed by atoms with E-state index >= 15 is 0 Å². The number of aryl methyl sites for hydroxylation is 1. The molecule has 0 aliphatic carbocycles. The number of hydrogen-bond donors (Lipinski definition) is 2. The van der Waals surface area contributed by atoms with E-state index in [0.717, 1.165) is 0 Å². The number of ether oxygens (including phenoxy) is 1. The fourth-order valence-electron chi connectivity index (χ4n) is 1.32. The van der Waals surface area contributed by atoms with E-state index in [2.05, 4.69) is 10.3 Å². The number of methoxy groups -OCH3 is 1. The minimum Gasteiger partial charge on any atom is -0.478 e. The molecule has 0 bridgehead atoms. The SMILES string of the molecule is COC(C)CNC(=O)c1ccc(C(=O)O)c(C)n1. The molecule has 6 heteroatoms. The summed E-state index contributed by atoms with van der Waals surface area (Å²) in [6.07, 6.45) is -0.0895. The second-order valence-electron chi connectivity index (χ2n) is 3.89. The largest absolute Gasteiger partial charge is 0.478 e. The van der Waals surface area contributed by atoms with Crippen molar-refractivity contribution in [1.82, 2.24) is 10.3 Å². The summed E-state index contributed by atoms with van der Waals surface area (Å²) < 4.78 is 5.00. The van der Waals surface area contributed by atoms with Gasteiger partial charge in [0.05, 0.1) is 17.4 Å². The van der Waals surface area contributed by atoms with Crippen molar-refractivity contribution in [3.8, 4) is 0 Å². The molecule has 98 valence electrons. The smallest absolute Gasteiger partial charge is 0.337 e. The number of nitrogens with one attached hydrogen (secondary N) is 1. The zero-order valence-corrected chi connectivity index (χ0v) is 10.6. The van der Waals surface area contributed by atoms with Crippen molar-refractivity contribution in [2.75, 3.05) is 13.7 Å². The van der Waals surface area contributed by atoms with Gasteiger partial charge < -0.3 is 15.2 Å². The van der Waals surface area contributed by atoms with Crippen molar-refractivity contribution in [3.05, 3.63) is 29.1 Å². The molecule has 1 rings (SSSR count). The van der Waals surface area contributed by atoms with Gasteiger partial charge in [-0.3, -0.25) is 4.79 Å². The molecule has 0 aromatic carbocycles. The maximum Gasteiger partial charge on any atom is 0.337 e. The number of carboxylic acids is 1. The Morgan fingerprint density at radius 1 is 1.50 bits per heavy atom. The zero-order valence-electron chi connectivity index (χ0n) is 10.6. The normalized spacial score (nSPS) is 11.9. The Bertz CT molecular complexity index is 459. The molecule has 18 heavy (non-hydrogen) atoms. The summed E-state index contributed by atoms with van der Waals surface area (Å²) in [7, 11) is 1.56. The van der Waals surface area contributed by atoms with Crippen molar-refractivity contribution in [2.24, 2.45) is 0 Å². The minimum atomic E-state index is -1.06. The first kappa shape index (κ1) is 14.1. The van der Waals surface area contributed by atoms with Gasteiger partial charge in [0.15, 0.2) is 0 Å². The first-order valence-electron chi connectivity index (χ1n) is 5.47. The summed E-state index contributed by atoms with van der Waals surface area (Å²) in [6.45, 7) is 3.75. The summed E-state index contributed by atoms with van der Waals surface area (Å²) >= 11 is 0. The van der Waals surface area contributed by atoms with Crippen molar-refractivity contribution in [2.45, 2.75) is 20.0 Å². The Morgan fingerprint density at radius 3 is 2.67 bits per heavy atom. The number of carbonyl (C=O) groups excluding carboxylic acids is 1. The predicted octanol–water partition coefficient (Wildman–Crippen LogP) is 0.853. The fourth-order valence-corrected chi connectivity index (χ4v) is 1.32. The van der Waals surface area contributed by atoms with Gasteiger partial charge in [-0.2, -0.15) is 0 Å². The van der Waals surface area contributed by atoms with Gasteiger partial charge >= 0.3 is 5.97 Å². The molecule has 6 nitrogen and oxygen atoms in total. The molecular weight excluding hydrogens is 236 g/mol. The number of aromatic nitrogens is 1. The molecule has 0 aliphatic heterocycles. The lowest BCUT2D eigenvalue weighted by Crippen LogP contribution is -2.32. The van der Waals surface area contributed by atoms with Crippen LogP contribution in [0.25, 0.3) is 0 Å². The highest BCUT2D eigenvalue weighted by molar-refractivity contribution is 5.94. The Hall–Kier alpha value is -1.95. The standard InChI is InChI=1S/C12H16N2O4/c1-7(18-3)6-13-11(15)10-5-4-9(12(16)17)8(2)14-10/h4-5,7H,6H2,1-3H3,(H,13,15)(H,16,17). The second-order valence-corrected chi connectivity index (χ2v) is 3.89. The maximum absolute atomic E-state index is 11.7. The Morgan fingerprint density at radius 2 is 2.17 bits per heavy atom. The number of pyridine rings is 1. The lowest BCUT2D eigenvalue weighted by atomic mass is 10.2. The average Bonchev–Trinajstić information content (AvgIpc) is 2.34. The highest BCUT2D eigenvalue weighted by atomic mass is 16.5. The van der Waals surface area contributed by atoms with Crippen LogP contribution >= 0.6 is 0 Å². The van der Waals surface area contributed by atoms with E-state index in [1.165, 1.54) is 12.1 Å². The molecule has 0 saturated heterocycles. The first-order valence-corrected chi connectivity index (χ1v) is 5.47. The highest BCUT2D eigenvalue weighted by Gasteiger charge is 2.13. The van der Waals surface area contributed by atoms with E-state index in [1.807, 2.05) is 6.92 Å². The summed E-state index contributed by atoms with van der Waals surface area (Å²) in [5.41, 5.74) is 0.604. The van der Waals surface area contributed by atoms with Crippen molar-refractivity contribution in [1.29, 1.82) is 0 Å². The number of carboxylic acid groups (broad SMARTS) is 1. The number of amides is 1. The summed E-state index contributed by atoms with van der Waals surface area (Å²) in [6, 6.07) is 2.77. The lowest BCUT2D eigenvalue weighted by Gasteiger charge is -2.10. The van der Waals surface area contributed by atoms with Crippen LogP contribution in [0, 0.1) is 6.92 Å². The van der Waals surface area contributed by atoms with Crippen LogP contribution in [0.15, 0.2) is 12.1 Å². The third-order valence-corrected chi connectivity index (χ3v) is 2.50. The molecular formula is C12H16N2O4. The number of nitrogens with zero attached hydrogens (tertiary/aromatic N) is 1. The van der Waals surface area contributed by atoms with E-state index < -0.39 is 5.97 Å². The zero-order chi connectivity index (χ0) is 13.7. The van der Waals surface area contributed by atoms with E-state index in [4.69, 9.17) is 9.84 Å². The minimum absolute atomic E-state index is 0.0895. The molecule has 0 radical (unpaired) electrons. The average molecular weight is 252 g/mol. The monoisotopic (exact) mass is 252 g/mol. The Labute approximate surface area is 105 Å². The summed E-state index contributed by atoms with van der Waals surface area (Å²) in [5.74, 6) is -1.40.